The molecule has 5 rings (SSSR count). The highest BCUT2D eigenvalue weighted by Crippen LogP contribution is 2.30. The van der Waals surface area contributed by atoms with E-state index in [0.717, 1.165) is 54.9 Å². The molecule has 1 saturated heterocycles. The minimum absolute atomic E-state index is 0.0187. The van der Waals surface area contributed by atoms with Crippen molar-refractivity contribution in [3.63, 3.8) is 0 Å². The van der Waals surface area contributed by atoms with Gasteiger partial charge in [-0.25, -0.2) is 4.98 Å². The Bertz CT molecular complexity index is 1070. The van der Waals surface area contributed by atoms with Crippen LogP contribution >= 0.6 is 0 Å². The lowest BCUT2D eigenvalue weighted by Crippen LogP contribution is -2.47. The fraction of sp³-hybridized carbons (Fsp3) is 0.350. The molecule has 2 aliphatic heterocycles. The van der Waals surface area contributed by atoms with Gasteiger partial charge in [0.2, 0.25) is 0 Å². The van der Waals surface area contributed by atoms with Crippen molar-refractivity contribution in [2.24, 2.45) is 0 Å². The van der Waals surface area contributed by atoms with E-state index in [-0.39, 0.29) is 11.8 Å². The van der Waals surface area contributed by atoms with Gasteiger partial charge in [0.25, 0.3) is 11.8 Å². The molecule has 0 unspecified atom stereocenters. The fourth-order valence-electron chi connectivity index (χ4n) is 3.96. The third kappa shape index (κ3) is 2.77. The first-order valence-corrected chi connectivity index (χ1v) is 9.54. The van der Waals surface area contributed by atoms with Crippen LogP contribution in [0.1, 0.15) is 20.8 Å². The molecule has 144 valence electrons. The summed E-state index contributed by atoms with van der Waals surface area (Å²) in [6.45, 7) is 4.63. The Labute approximate surface area is 162 Å². The number of likely N-dealkylation sites (N-methyl/N-ethyl adjacent to an activating group) is 1. The fourth-order valence-corrected chi connectivity index (χ4v) is 3.96. The average Bonchev–Trinajstić information content (AvgIpc) is 3.32. The molecule has 2 amide bonds. The number of pyridine rings is 1. The predicted molar refractivity (Wildman–Crippen MR) is 105 cm³/mol. The molecule has 3 aromatic heterocycles. The highest BCUT2D eigenvalue weighted by Gasteiger charge is 2.23. The SMILES string of the molecule is CN1CCN(C(=O)c2cnc3[nH]cc(-c4cc5n(c4)CCNC5=O)c3c2)CC1. The van der Waals surface area contributed by atoms with E-state index in [1.54, 1.807) is 6.20 Å². The summed E-state index contributed by atoms with van der Waals surface area (Å²) in [5.74, 6) is -0.0356. The van der Waals surface area contributed by atoms with Crippen molar-refractivity contribution in [1.82, 2.24) is 29.7 Å². The first-order chi connectivity index (χ1) is 13.6. The molecule has 5 heterocycles. The van der Waals surface area contributed by atoms with Crippen LogP contribution in [0.25, 0.3) is 22.2 Å². The van der Waals surface area contributed by atoms with Crippen LogP contribution in [-0.4, -0.2) is 75.9 Å². The number of aromatic nitrogens is 3. The molecule has 0 spiro atoms. The number of carbonyl (C=O) groups is 2. The van der Waals surface area contributed by atoms with Crippen LogP contribution in [0.3, 0.4) is 0 Å². The standard InChI is InChI=1S/C20H22N6O2/c1-24-4-6-25(7-5-24)20(28)13-8-15-16(11-23-18(15)22-10-13)14-9-17-19(27)21-2-3-26(17)12-14/h8-12H,2-7H2,1H3,(H,21,27)(H,22,23). The minimum Gasteiger partial charge on any atom is -0.349 e. The number of carbonyl (C=O) groups excluding carboxylic acids is 2. The highest BCUT2D eigenvalue weighted by atomic mass is 16.2. The predicted octanol–water partition coefficient (Wildman–Crippen LogP) is 1.16. The van der Waals surface area contributed by atoms with Gasteiger partial charge in [-0.2, -0.15) is 0 Å². The van der Waals surface area contributed by atoms with Gasteiger partial charge in [-0.3, -0.25) is 9.59 Å². The Kier molecular flexibility index (Phi) is 3.94. The van der Waals surface area contributed by atoms with Crippen molar-refractivity contribution in [3.8, 4) is 11.1 Å². The Morgan fingerprint density at radius 1 is 1.14 bits per heavy atom. The van der Waals surface area contributed by atoms with Gasteiger partial charge >= 0.3 is 0 Å². The average molecular weight is 378 g/mol. The third-order valence-corrected chi connectivity index (χ3v) is 5.65. The molecular weight excluding hydrogens is 356 g/mol. The second-order valence-corrected chi connectivity index (χ2v) is 7.48. The summed E-state index contributed by atoms with van der Waals surface area (Å²) >= 11 is 0. The maximum absolute atomic E-state index is 12.9. The minimum atomic E-state index is -0.0543. The zero-order valence-corrected chi connectivity index (χ0v) is 15.7. The number of amides is 2. The first kappa shape index (κ1) is 17.0. The number of fused-ring (bicyclic) bond motifs is 2. The number of piperazine rings is 1. The summed E-state index contributed by atoms with van der Waals surface area (Å²) in [5, 5.41) is 3.76. The van der Waals surface area contributed by atoms with E-state index in [1.165, 1.54) is 0 Å². The molecule has 0 atom stereocenters. The molecule has 8 heteroatoms. The Morgan fingerprint density at radius 3 is 2.75 bits per heavy atom. The number of H-pyrrole nitrogens is 1. The van der Waals surface area contributed by atoms with Crippen LogP contribution in [0.5, 0.6) is 0 Å². The van der Waals surface area contributed by atoms with Crippen LogP contribution in [0.4, 0.5) is 0 Å². The van der Waals surface area contributed by atoms with Crippen molar-refractivity contribution < 1.29 is 9.59 Å². The lowest BCUT2D eigenvalue weighted by molar-refractivity contribution is 0.0663. The van der Waals surface area contributed by atoms with Gasteiger partial charge in [0.1, 0.15) is 11.3 Å². The summed E-state index contributed by atoms with van der Waals surface area (Å²) in [4.78, 5) is 36.7. The molecule has 0 aromatic carbocycles. The number of nitrogens with one attached hydrogen (secondary N) is 2. The van der Waals surface area contributed by atoms with Gasteiger partial charge < -0.3 is 24.7 Å². The van der Waals surface area contributed by atoms with E-state index in [4.69, 9.17) is 0 Å². The molecule has 0 saturated carbocycles. The molecule has 2 N–H and O–H groups in total. The van der Waals surface area contributed by atoms with Crippen molar-refractivity contribution >= 4 is 22.8 Å². The van der Waals surface area contributed by atoms with Crippen molar-refractivity contribution in [2.75, 3.05) is 39.8 Å². The monoisotopic (exact) mass is 378 g/mol. The molecular formula is C20H22N6O2. The Morgan fingerprint density at radius 2 is 1.96 bits per heavy atom. The molecule has 0 aliphatic carbocycles. The maximum Gasteiger partial charge on any atom is 0.267 e. The van der Waals surface area contributed by atoms with Crippen molar-refractivity contribution in [1.29, 1.82) is 0 Å². The number of aromatic amines is 1. The smallest absolute Gasteiger partial charge is 0.267 e. The van der Waals surface area contributed by atoms with Gasteiger partial charge in [0.05, 0.1) is 5.56 Å². The van der Waals surface area contributed by atoms with Crippen LogP contribution in [0.2, 0.25) is 0 Å². The molecule has 3 aromatic rings. The van der Waals surface area contributed by atoms with E-state index in [9.17, 15) is 9.59 Å². The summed E-state index contributed by atoms with van der Waals surface area (Å²) in [6, 6.07) is 3.80. The van der Waals surface area contributed by atoms with Crippen LogP contribution in [0, 0.1) is 0 Å². The number of hydrogen-bond acceptors (Lipinski definition) is 4. The quantitative estimate of drug-likeness (QED) is 0.701. The van der Waals surface area contributed by atoms with Crippen LogP contribution in [-0.2, 0) is 6.54 Å². The largest absolute Gasteiger partial charge is 0.349 e. The van der Waals surface area contributed by atoms with Gasteiger partial charge in [-0.1, -0.05) is 0 Å². The third-order valence-electron chi connectivity index (χ3n) is 5.65. The molecule has 28 heavy (non-hydrogen) atoms. The molecule has 1 fully saturated rings. The highest BCUT2D eigenvalue weighted by molar-refractivity contribution is 6.02. The molecule has 0 radical (unpaired) electrons. The number of rotatable bonds is 2. The number of hydrogen-bond donors (Lipinski definition) is 2. The lowest BCUT2D eigenvalue weighted by atomic mass is 10.1. The van der Waals surface area contributed by atoms with E-state index in [0.29, 0.717) is 17.8 Å². The van der Waals surface area contributed by atoms with E-state index in [1.807, 2.05) is 34.0 Å². The lowest BCUT2D eigenvalue weighted by Gasteiger charge is -2.32. The first-order valence-electron chi connectivity index (χ1n) is 9.54. The normalized spacial score (nSPS) is 17.6. The van der Waals surface area contributed by atoms with Crippen molar-refractivity contribution in [3.05, 3.63) is 42.0 Å². The van der Waals surface area contributed by atoms with Gasteiger partial charge in [-0.15, -0.1) is 0 Å². The number of nitrogens with zero attached hydrogens (tertiary/aromatic N) is 4. The summed E-state index contributed by atoms with van der Waals surface area (Å²) in [7, 11) is 2.07. The summed E-state index contributed by atoms with van der Waals surface area (Å²) in [6.07, 6.45) is 5.52. The van der Waals surface area contributed by atoms with Crippen molar-refractivity contribution in [2.45, 2.75) is 6.54 Å². The van der Waals surface area contributed by atoms with E-state index in [2.05, 4.69) is 27.2 Å². The van der Waals surface area contributed by atoms with Gasteiger partial charge in [-0.05, 0) is 19.2 Å². The van der Waals surface area contributed by atoms with Crippen LogP contribution in [0.15, 0.2) is 30.7 Å². The topological polar surface area (TPSA) is 86.3 Å². The zero-order chi connectivity index (χ0) is 19.3. The van der Waals surface area contributed by atoms with E-state index < -0.39 is 0 Å². The second kappa shape index (κ2) is 6.49. The second-order valence-electron chi connectivity index (χ2n) is 7.48. The van der Waals surface area contributed by atoms with Gasteiger partial charge in [0, 0.05) is 74.4 Å². The Hall–Kier alpha value is -3.13. The summed E-state index contributed by atoms with van der Waals surface area (Å²) in [5.41, 5.74) is 3.89. The molecule has 8 nitrogen and oxygen atoms in total. The Balaban J connectivity index is 1.51. The maximum atomic E-state index is 12.9. The zero-order valence-electron chi connectivity index (χ0n) is 15.7. The van der Waals surface area contributed by atoms with Crippen LogP contribution < -0.4 is 5.32 Å². The molecule has 0 bridgehead atoms. The molecule has 2 aliphatic rings. The summed E-state index contributed by atoms with van der Waals surface area (Å²) < 4.78 is 1.97. The van der Waals surface area contributed by atoms with Gasteiger partial charge in [0.15, 0.2) is 0 Å². The van der Waals surface area contributed by atoms with E-state index >= 15 is 0 Å².